The van der Waals surface area contributed by atoms with Crippen LogP contribution in [0.2, 0.25) is 5.02 Å². The van der Waals surface area contributed by atoms with Gasteiger partial charge in [0.2, 0.25) is 0 Å². The molecule has 3 nitrogen and oxygen atoms in total. The van der Waals surface area contributed by atoms with Gasteiger partial charge >= 0.3 is 0 Å². The molecule has 2 aromatic carbocycles. The van der Waals surface area contributed by atoms with Crippen molar-refractivity contribution < 1.29 is 9.18 Å². The number of rotatable bonds is 2. The summed E-state index contributed by atoms with van der Waals surface area (Å²) in [6, 6.07) is 8.66. The fourth-order valence-corrected chi connectivity index (χ4v) is 1.97. The van der Waals surface area contributed by atoms with Gasteiger partial charge in [-0.1, -0.05) is 11.6 Å². The van der Waals surface area contributed by atoms with Gasteiger partial charge in [-0.15, -0.1) is 0 Å². The Morgan fingerprint density at radius 1 is 1.26 bits per heavy atom. The number of carbonyl (C=O) groups is 1. The van der Waals surface area contributed by atoms with E-state index in [1.165, 1.54) is 18.2 Å². The lowest BCUT2D eigenvalue weighted by atomic mass is 10.2. The van der Waals surface area contributed by atoms with Gasteiger partial charge in [-0.05, 0) is 52.3 Å². The quantitative estimate of drug-likeness (QED) is 0.807. The zero-order valence-corrected chi connectivity index (χ0v) is 11.9. The van der Waals surface area contributed by atoms with Crippen LogP contribution in [0, 0.1) is 5.82 Å². The largest absolute Gasteiger partial charge is 0.399 e. The van der Waals surface area contributed by atoms with Crippen LogP contribution in [0.3, 0.4) is 0 Å². The number of hydrogen-bond donors (Lipinski definition) is 2. The maximum Gasteiger partial charge on any atom is 0.255 e. The Bertz CT molecular complexity index is 649. The van der Waals surface area contributed by atoms with E-state index < -0.39 is 11.7 Å². The number of hydrogen-bond acceptors (Lipinski definition) is 2. The molecule has 98 valence electrons. The van der Waals surface area contributed by atoms with Crippen LogP contribution in [0.15, 0.2) is 40.9 Å². The normalized spacial score (nSPS) is 10.3. The minimum Gasteiger partial charge on any atom is -0.399 e. The van der Waals surface area contributed by atoms with E-state index >= 15 is 0 Å². The summed E-state index contributed by atoms with van der Waals surface area (Å²) < 4.78 is 14.1. The third-order valence-electron chi connectivity index (χ3n) is 2.42. The Hall–Kier alpha value is -1.59. The Morgan fingerprint density at radius 2 is 2.00 bits per heavy atom. The molecule has 0 aliphatic carbocycles. The van der Waals surface area contributed by atoms with Crippen LogP contribution in [0.25, 0.3) is 0 Å². The number of amides is 1. The van der Waals surface area contributed by atoms with Crippen LogP contribution < -0.4 is 11.1 Å². The summed E-state index contributed by atoms with van der Waals surface area (Å²) in [6.07, 6.45) is 0. The highest BCUT2D eigenvalue weighted by Crippen LogP contribution is 2.24. The zero-order chi connectivity index (χ0) is 14.0. The van der Waals surface area contributed by atoms with Gasteiger partial charge in [0.15, 0.2) is 0 Å². The molecule has 0 unspecified atom stereocenters. The average Bonchev–Trinajstić information content (AvgIpc) is 2.37. The molecule has 1 amide bonds. The van der Waals surface area contributed by atoms with E-state index in [2.05, 4.69) is 21.2 Å². The summed E-state index contributed by atoms with van der Waals surface area (Å²) in [6.45, 7) is 0. The van der Waals surface area contributed by atoms with Gasteiger partial charge in [-0.3, -0.25) is 4.79 Å². The summed E-state index contributed by atoms with van der Waals surface area (Å²) in [4.78, 5) is 12.0. The highest BCUT2D eigenvalue weighted by Gasteiger charge is 2.11. The Labute approximate surface area is 122 Å². The second-order valence-corrected chi connectivity index (χ2v) is 5.08. The molecule has 0 bridgehead atoms. The molecule has 0 saturated heterocycles. The topological polar surface area (TPSA) is 55.1 Å². The van der Waals surface area contributed by atoms with Gasteiger partial charge in [0.05, 0.1) is 10.7 Å². The standard InChI is InChI=1S/C13H9BrClFN2O/c14-9-5-7(1-3-10(9)15)13(19)18-12-6-8(17)2-4-11(12)16/h1-6H,17H2,(H,18,19). The number of carbonyl (C=O) groups excluding carboxylic acids is 1. The first-order valence-corrected chi connectivity index (χ1v) is 6.46. The van der Waals surface area contributed by atoms with Gasteiger partial charge in [-0.25, -0.2) is 4.39 Å². The third-order valence-corrected chi connectivity index (χ3v) is 3.63. The molecule has 3 N–H and O–H groups in total. The van der Waals surface area contributed by atoms with Crippen molar-refractivity contribution in [3.05, 3.63) is 57.3 Å². The van der Waals surface area contributed by atoms with Crippen LogP contribution >= 0.6 is 27.5 Å². The highest BCUT2D eigenvalue weighted by molar-refractivity contribution is 9.10. The number of nitrogens with one attached hydrogen (secondary N) is 1. The van der Waals surface area contributed by atoms with Crippen LogP contribution in [-0.2, 0) is 0 Å². The second-order valence-electron chi connectivity index (χ2n) is 3.82. The first kappa shape index (κ1) is 13.8. The summed E-state index contributed by atoms with van der Waals surface area (Å²) in [7, 11) is 0. The van der Waals surface area contributed by atoms with E-state index in [9.17, 15) is 9.18 Å². The van der Waals surface area contributed by atoms with Crippen molar-refractivity contribution in [2.45, 2.75) is 0 Å². The minimum absolute atomic E-state index is 0.0380. The molecule has 0 aliphatic heterocycles. The Kier molecular flexibility index (Phi) is 4.07. The van der Waals surface area contributed by atoms with Crippen LogP contribution in [-0.4, -0.2) is 5.91 Å². The SMILES string of the molecule is Nc1ccc(F)c(NC(=O)c2ccc(Cl)c(Br)c2)c1. The fourth-order valence-electron chi connectivity index (χ4n) is 1.47. The Balaban J connectivity index is 2.25. The summed E-state index contributed by atoms with van der Waals surface area (Å²) in [5.74, 6) is -0.988. The predicted octanol–water partition coefficient (Wildman–Crippen LogP) is 4.08. The lowest BCUT2D eigenvalue weighted by Crippen LogP contribution is -2.13. The average molecular weight is 344 g/mol. The van der Waals surface area contributed by atoms with Crippen LogP contribution in [0.4, 0.5) is 15.8 Å². The van der Waals surface area contributed by atoms with Crippen molar-refractivity contribution in [2.24, 2.45) is 0 Å². The molecule has 0 aliphatic rings. The van der Waals surface area contributed by atoms with E-state index in [4.69, 9.17) is 17.3 Å². The van der Waals surface area contributed by atoms with E-state index in [1.54, 1.807) is 18.2 Å². The molecular weight excluding hydrogens is 335 g/mol. The molecule has 6 heteroatoms. The minimum atomic E-state index is -0.546. The summed E-state index contributed by atoms with van der Waals surface area (Å²) in [5, 5.41) is 2.95. The molecule has 0 radical (unpaired) electrons. The molecule has 0 atom stereocenters. The Morgan fingerprint density at radius 3 is 2.68 bits per heavy atom. The molecule has 0 aromatic heterocycles. The number of nitrogens with two attached hydrogens (primary N) is 1. The summed E-state index contributed by atoms with van der Waals surface area (Å²) >= 11 is 9.06. The predicted molar refractivity (Wildman–Crippen MR) is 77.9 cm³/mol. The van der Waals surface area contributed by atoms with Gasteiger partial charge in [0, 0.05) is 15.7 Å². The monoisotopic (exact) mass is 342 g/mol. The number of nitrogen functional groups attached to an aromatic ring is 1. The van der Waals surface area contributed by atoms with E-state index in [0.29, 0.717) is 20.7 Å². The molecule has 2 rings (SSSR count). The lowest BCUT2D eigenvalue weighted by Gasteiger charge is -2.08. The van der Waals surface area contributed by atoms with E-state index in [1.807, 2.05) is 0 Å². The maximum absolute atomic E-state index is 13.5. The molecule has 0 fully saturated rings. The third kappa shape index (κ3) is 3.24. The zero-order valence-electron chi connectivity index (χ0n) is 9.58. The van der Waals surface area contributed by atoms with E-state index in [0.717, 1.165) is 0 Å². The molecule has 0 spiro atoms. The van der Waals surface area contributed by atoms with Crippen molar-refractivity contribution in [2.75, 3.05) is 11.1 Å². The molecule has 0 saturated carbocycles. The molecule has 19 heavy (non-hydrogen) atoms. The van der Waals surface area contributed by atoms with Crippen molar-refractivity contribution >= 4 is 44.8 Å². The second kappa shape index (κ2) is 5.59. The number of halogens is 3. The number of benzene rings is 2. The fraction of sp³-hybridized carbons (Fsp3) is 0. The van der Waals surface area contributed by atoms with Gasteiger partial charge in [-0.2, -0.15) is 0 Å². The van der Waals surface area contributed by atoms with Gasteiger partial charge in [0.1, 0.15) is 5.82 Å². The molecule has 0 heterocycles. The van der Waals surface area contributed by atoms with Crippen molar-refractivity contribution in [1.29, 1.82) is 0 Å². The van der Waals surface area contributed by atoms with Crippen molar-refractivity contribution in [1.82, 2.24) is 0 Å². The first-order chi connectivity index (χ1) is 8.97. The van der Waals surface area contributed by atoms with Crippen LogP contribution in [0.1, 0.15) is 10.4 Å². The lowest BCUT2D eigenvalue weighted by molar-refractivity contribution is 0.102. The maximum atomic E-state index is 13.5. The highest BCUT2D eigenvalue weighted by atomic mass is 79.9. The number of anilines is 2. The molecular formula is C13H9BrClFN2O. The van der Waals surface area contributed by atoms with Crippen LogP contribution in [0.5, 0.6) is 0 Å². The van der Waals surface area contributed by atoms with Gasteiger partial charge in [0.25, 0.3) is 5.91 Å². The van der Waals surface area contributed by atoms with Crippen molar-refractivity contribution in [3.63, 3.8) is 0 Å². The van der Waals surface area contributed by atoms with Gasteiger partial charge < -0.3 is 11.1 Å². The van der Waals surface area contributed by atoms with Crippen molar-refractivity contribution in [3.8, 4) is 0 Å². The molecule has 2 aromatic rings. The first-order valence-electron chi connectivity index (χ1n) is 5.29. The summed E-state index contributed by atoms with van der Waals surface area (Å²) in [5.41, 5.74) is 6.31. The van der Waals surface area contributed by atoms with E-state index in [-0.39, 0.29) is 5.69 Å². The smallest absolute Gasteiger partial charge is 0.255 e.